The van der Waals surface area contributed by atoms with E-state index in [-0.39, 0.29) is 0 Å². The third-order valence-corrected chi connectivity index (χ3v) is 3.03. The molecular weight excluding hydrogens is 222 g/mol. The predicted molar refractivity (Wildman–Crippen MR) is 71.9 cm³/mol. The Morgan fingerprint density at radius 3 is 2.50 bits per heavy atom. The van der Waals surface area contributed by atoms with Crippen LogP contribution in [-0.4, -0.2) is 0 Å². The number of benzene rings is 2. The number of hydrogen-bond donors (Lipinski definition) is 0. The third kappa shape index (κ3) is 2.36. The van der Waals surface area contributed by atoms with E-state index in [0.717, 1.165) is 16.9 Å². The van der Waals surface area contributed by atoms with Crippen LogP contribution >= 0.6 is 0 Å². The van der Waals surface area contributed by atoms with Crippen molar-refractivity contribution >= 4 is 0 Å². The van der Waals surface area contributed by atoms with Gasteiger partial charge in [-0.3, -0.25) is 0 Å². The van der Waals surface area contributed by atoms with Crippen LogP contribution in [0.1, 0.15) is 22.3 Å². The van der Waals surface area contributed by atoms with Gasteiger partial charge >= 0.3 is 0 Å². The highest BCUT2D eigenvalue weighted by molar-refractivity contribution is 5.49. The van der Waals surface area contributed by atoms with Gasteiger partial charge in [-0.15, -0.1) is 0 Å². The fraction of sp³-hybridized carbons (Fsp3) is 0.188. The molecule has 0 aliphatic rings. The zero-order valence-corrected chi connectivity index (χ0v) is 10.8. The smallest absolute Gasteiger partial charge is 0.145 e. The van der Waals surface area contributed by atoms with Gasteiger partial charge in [0.25, 0.3) is 0 Å². The van der Waals surface area contributed by atoms with Crippen molar-refractivity contribution in [1.82, 2.24) is 0 Å². The molecule has 2 aromatic rings. The topological polar surface area (TPSA) is 33.0 Å². The van der Waals surface area contributed by atoms with Crippen LogP contribution < -0.4 is 4.74 Å². The van der Waals surface area contributed by atoms with Gasteiger partial charge in [-0.2, -0.15) is 5.26 Å². The van der Waals surface area contributed by atoms with Crippen molar-refractivity contribution < 1.29 is 4.74 Å². The quantitative estimate of drug-likeness (QED) is 0.781. The summed E-state index contributed by atoms with van der Waals surface area (Å²) in [6.45, 7) is 6.02. The molecule has 2 rings (SSSR count). The summed E-state index contributed by atoms with van der Waals surface area (Å²) in [5.41, 5.74) is 3.90. The molecule has 0 bridgehead atoms. The molecule has 0 spiro atoms. The van der Waals surface area contributed by atoms with Crippen LogP contribution in [0.4, 0.5) is 0 Å². The first-order valence-electron chi connectivity index (χ1n) is 5.86. The van der Waals surface area contributed by atoms with Crippen LogP contribution in [0.5, 0.6) is 11.5 Å². The zero-order valence-electron chi connectivity index (χ0n) is 10.8. The van der Waals surface area contributed by atoms with E-state index in [4.69, 9.17) is 10.00 Å². The van der Waals surface area contributed by atoms with Gasteiger partial charge in [0.05, 0.1) is 5.56 Å². The Balaban J connectivity index is 2.41. The van der Waals surface area contributed by atoms with Crippen molar-refractivity contribution in [1.29, 1.82) is 5.26 Å². The van der Waals surface area contributed by atoms with E-state index in [9.17, 15) is 0 Å². The van der Waals surface area contributed by atoms with Crippen LogP contribution in [0, 0.1) is 32.1 Å². The molecule has 0 N–H and O–H groups in total. The highest BCUT2D eigenvalue weighted by atomic mass is 16.5. The molecule has 0 aliphatic heterocycles. The van der Waals surface area contributed by atoms with E-state index in [2.05, 4.69) is 6.07 Å². The van der Waals surface area contributed by atoms with Gasteiger partial charge in [0, 0.05) is 0 Å². The van der Waals surface area contributed by atoms with Gasteiger partial charge < -0.3 is 4.74 Å². The highest BCUT2D eigenvalue weighted by Gasteiger charge is 2.07. The van der Waals surface area contributed by atoms with E-state index in [0.29, 0.717) is 11.3 Å². The summed E-state index contributed by atoms with van der Waals surface area (Å²) >= 11 is 0. The maximum absolute atomic E-state index is 9.11. The van der Waals surface area contributed by atoms with E-state index in [1.165, 1.54) is 5.56 Å². The van der Waals surface area contributed by atoms with Crippen molar-refractivity contribution in [3.8, 4) is 17.6 Å². The summed E-state index contributed by atoms with van der Waals surface area (Å²) in [5, 5.41) is 9.11. The molecule has 0 unspecified atom stereocenters. The van der Waals surface area contributed by atoms with E-state index in [1.54, 1.807) is 0 Å². The minimum atomic E-state index is 0.566. The minimum Gasteiger partial charge on any atom is -0.456 e. The number of ether oxygens (including phenoxy) is 1. The van der Waals surface area contributed by atoms with Crippen LogP contribution in [0.25, 0.3) is 0 Å². The molecular formula is C16H15NO. The second-order valence-corrected chi connectivity index (χ2v) is 4.41. The van der Waals surface area contributed by atoms with Crippen molar-refractivity contribution in [2.45, 2.75) is 20.8 Å². The molecule has 18 heavy (non-hydrogen) atoms. The Bertz CT molecular complexity index is 623. The Morgan fingerprint density at radius 1 is 1.00 bits per heavy atom. The van der Waals surface area contributed by atoms with Gasteiger partial charge in [0.15, 0.2) is 0 Å². The summed E-state index contributed by atoms with van der Waals surface area (Å²) in [7, 11) is 0. The Kier molecular flexibility index (Phi) is 3.34. The highest BCUT2D eigenvalue weighted by Crippen LogP contribution is 2.29. The molecule has 2 heteroatoms. The summed E-state index contributed by atoms with van der Waals surface area (Å²) in [5.74, 6) is 1.41. The first-order valence-corrected chi connectivity index (χ1v) is 5.86. The van der Waals surface area contributed by atoms with Crippen molar-refractivity contribution in [3.63, 3.8) is 0 Å². The van der Waals surface area contributed by atoms with Gasteiger partial charge in [0.2, 0.25) is 0 Å². The minimum absolute atomic E-state index is 0.566. The molecule has 0 radical (unpaired) electrons. The maximum atomic E-state index is 9.11. The zero-order chi connectivity index (χ0) is 13.1. The van der Waals surface area contributed by atoms with Crippen molar-refractivity contribution in [3.05, 3.63) is 58.7 Å². The van der Waals surface area contributed by atoms with E-state index >= 15 is 0 Å². The summed E-state index contributed by atoms with van der Waals surface area (Å²) < 4.78 is 5.84. The normalized spacial score (nSPS) is 9.89. The fourth-order valence-corrected chi connectivity index (χ4v) is 1.77. The molecule has 0 aliphatic carbocycles. The predicted octanol–water partition coefficient (Wildman–Crippen LogP) is 4.28. The SMILES string of the molecule is Cc1ccc(Oc2cccc(C)c2C)c(C#N)c1. The molecule has 0 heterocycles. The fourth-order valence-electron chi connectivity index (χ4n) is 1.77. The number of hydrogen-bond acceptors (Lipinski definition) is 2. The van der Waals surface area contributed by atoms with E-state index < -0.39 is 0 Å². The summed E-state index contributed by atoms with van der Waals surface area (Å²) in [6, 6.07) is 13.7. The van der Waals surface area contributed by atoms with Gasteiger partial charge in [-0.05, 0) is 55.7 Å². The number of rotatable bonds is 2. The van der Waals surface area contributed by atoms with Gasteiger partial charge in [-0.1, -0.05) is 18.2 Å². The molecule has 0 aromatic heterocycles. The average Bonchev–Trinajstić information content (AvgIpc) is 2.37. The van der Waals surface area contributed by atoms with Crippen LogP contribution in [-0.2, 0) is 0 Å². The molecule has 2 aromatic carbocycles. The monoisotopic (exact) mass is 237 g/mol. The van der Waals surface area contributed by atoms with Gasteiger partial charge in [0.1, 0.15) is 17.6 Å². The number of nitrogens with zero attached hydrogens (tertiary/aromatic N) is 1. The standard InChI is InChI=1S/C16H15NO/c1-11-7-8-16(14(9-11)10-17)18-15-6-4-5-12(2)13(15)3/h4-9H,1-3H3. The van der Waals surface area contributed by atoms with Crippen molar-refractivity contribution in [2.24, 2.45) is 0 Å². The average molecular weight is 237 g/mol. The molecule has 0 saturated heterocycles. The summed E-state index contributed by atoms with van der Waals surface area (Å²) in [6.07, 6.45) is 0. The first kappa shape index (κ1) is 12.2. The number of nitriles is 1. The van der Waals surface area contributed by atoms with E-state index in [1.807, 2.05) is 57.2 Å². The lowest BCUT2D eigenvalue weighted by atomic mass is 10.1. The molecule has 2 nitrogen and oxygen atoms in total. The van der Waals surface area contributed by atoms with Crippen LogP contribution in [0.2, 0.25) is 0 Å². The molecule has 90 valence electrons. The second-order valence-electron chi connectivity index (χ2n) is 4.41. The lowest BCUT2D eigenvalue weighted by Crippen LogP contribution is -1.92. The van der Waals surface area contributed by atoms with Crippen molar-refractivity contribution in [2.75, 3.05) is 0 Å². The molecule has 0 atom stereocenters. The second kappa shape index (κ2) is 4.93. The van der Waals surface area contributed by atoms with Gasteiger partial charge in [-0.25, -0.2) is 0 Å². The maximum Gasteiger partial charge on any atom is 0.145 e. The molecule has 0 saturated carbocycles. The Morgan fingerprint density at radius 2 is 1.78 bits per heavy atom. The largest absolute Gasteiger partial charge is 0.456 e. The lowest BCUT2D eigenvalue weighted by molar-refractivity contribution is 0.476. The Labute approximate surface area is 107 Å². The number of aryl methyl sites for hydroxylation is 2. The van der Waals surface area contributed by atoms with Crippen LogP contribution in [0.15, 0.2) is 36.4 Å². The lowest BCUT2D eigenvalue weighted by Gasteiger charge is -2.11. The molecule has 0 fully saturated rings. The third-order valence-electron chi connectivity index (χ3n) is 3.03. The summed E-state index contributed by atoms with van der Waals surface area (Å²) in [4.78, 5) is 0. The molecule has 0 amide bonds. The van der Waals surface area contributed by atoms with Crippen LogP contribution in [0.3, 0.4) is 0 Å². The first-order chi connectivity index (χ1) is 8.61. The Hall–Kier alpha value is -2.27.